The lowest BCUT2D eigenvalue weighted by Gasteiger charge is -2.19. The van der Waals surface area contributed by atoms with Gasteiger partial charge in [-0.3, -0.25) is 9.69 Å². The first-order chi connectivity index (χ1) is 9.89. The number of carboxylic acid groups (broad SMARTS) is 1. The number of rotatable bonds is 9. The molecule has 22 heavy (non-hydrogen) atoms. The van der Waals surface area contributed by atoms with Crippen LogP contribution in [0, 0.1) is 0 Å². The van der Waals surface area contributed by atoms with E-state index in [0.717, 1.165) is 6.42 Å². The molecule has 1 aromatic rings. The summed E-state index contributed by atoms with van der Waals surface area (Å²) in [5, 5.41) is 8.82. The third kappa shape index (κ3) is 6.64. The number of hydrogen-bond acceptors (Lipinski definition) is 5. The van der Waals surface area contributed by atoms with E-state index in [1.807, 2.05) is 6.92 Å². The van der Waals surface area contributed by atoms with Crippen molar-refractivity contribution in [3.05, 3.63) is 24.3 Å². The number of halogens is 1. The monoisotopic (exact) mass is 351 g/mol. The lowest BCUT2D eigenvalue weighted by molar-refractivity contribution is -0.138. The van der Waals surface area contributed by atoms with Gasteiger partial charge in [0, 0.05) is 6.54 Å². The summed E-state index contributed by atoms with van der Waals surface area (Å²) in [6, 6.07) is 6.27. The van der Waals surface area contributed by atoms with E-state index >= 15 is 0 Å². The van der Waals surface area contributed by atoms with E-state index in [1.54, 1.807) is 17.0 Å². The summed E-state index contributed by atoms with van der Waals surface area (Å²) in [5.41, 5.74) is 0. The van der Waals surface area contributed by atoms with Gasteiger partial charge in [-0.2, -0.15) is 0 Å². The van der Waals surface area contributed by atoms with E-state index in [1.165, 1.54) is 19.2 Å². The van der Waals surface area contributed by atoms with Crippen molar-refractivity contribution in [2.75, 3.05) is 32.5 Å². The molecular weight excluding hydrogens is 330 g/mol. The van der Waals surface area contributed by atoms with Crippen molar-refractivity contribution in [1.82, 2.24) is 4.90 Å². The molecule has 0 aliphatic carbocycles. The molecule has 0 saturated heterocycles. The maximum absolute atomic E-state index is 12.3. The number of benzene rings is 1. The smallest absolute Gasteiger partial charge is 0.317 e. The van der Waals surface area contributed by atoms with Crippen LogP contribution in [0.2, 0.25) is 0 Å². The van der Waals surface area contributed by atoms with Crippen LogP contribution in [0.5, 0.6) is 5.75 Å². The van der Waals surface area contributed by atoms with E-state index in [0.29, 0.717) is 12.3 Å². The van der Waals surface area contributed by atoms with Crippen molar-refractivity contribution in [3.63, 3.8) is 0 Å². The SMILES string of the molecule is CCCN(CCS(=O)(=O)c1cccc(OC)c1)CC(=O)O.Cl. The molecule has 0 aromatic heterocycles. The first-order valence-electron chi connectivity index (χ1n) is 6.70. The Hall–Kier alpha value is -1.31. The molecule has 0 amide bonds. The first-order valence-corrected chi connectivity index (χ1v) is 8.35. The molecule has 0 aliphatic heterocycles. The van der Waals surface area contributed by atoms with Crippen molar-refractivity contribution >= 4 is 28.2 Å². The van der Waals surface area contributed by atoms with Crippen LogP contribution in [0.25, 0.3) is 0 Å². The van der Waals surface area contributed by atoms with Crippen LogP contribution in [-0.2, 0) is 14.6 Å². The Morgan fingerprint density at radius 2 is 2.00 bits per heavy atom. The Morgan fingerprint density at radius 3 is 2.55 bits per heavy atom. The minimum Gasteiger partial charge on any atom is -0.497 e. The summed E-state index contributed by atoms with van der Waals surface area (Å²) in [7, 11) is -1.98. The zero-order valence-electron chi connectivity index (χ0n) is 12.7. The van der Waals surface area contributed by atoms with E-state index in [-0.39, 0.29) is 36.1 Å². The average Bonchev–Trinajstić information content (AvgIpc) is 2.44. The quantitative estimate of drug-likeness (QED) is 0.728. The maximum atomic E-state index is 12.3. The van der Waals surface area contributed by atoms with Gasteiger partial charge in [-0.1, -0.05) is 13.0 Å². The first kappa shape index (κ1) is 20.7. The largest absolute Gasteiger partial charge is 0.497 e. The Morgan fingerprint density at radius 1 is 1.32 bits per heavy atom. The molecule has 0 fully saturated rings. The van der Waals surface area contributed by atoms with Crippen molar-refractivity contribution in [1.29, 1.82) is 0 Å². The number of aliphatic carboxylic acids is 1. The predicted molar refractivity (Wildman–Crippen MR) is 86.7 cm³/mol. The summed E-state index contributed by atoms with van der Waals surface area (Å²) in [5.74, 6) is -0.595. The highest BCUT2D eigenvalue weighted by Gasteiger charge is 2.18. The number of carbonyl (C=O) groups is 1. The normalized spacial score (nSPS) is 11.0. The maximum Gasteiger partial charge on any atom is 0.317 e. The molecule has 8 heteroatoms. The number of methoxy groups -OCH3 is 1. The van der Waals surface area contributed by atoms with Gasteiger partial charge >= 0.3 is 5.97 Å². The van der Waals surface area contributed by atoms with Crippen LogP contribution in [0.3, 0.4) is 0 Å². The number of carboxylic acids is 1. The average molecular weight is 352 g/mol. The molecule has 1 N–H and O–H groups in total. The second-order valence-corrected chi connectivity index (χ2v) is 6.78. The van der Waals surface area contributed by atoms with Crippen LogP contribution in [0.1, 0.15) is 13.3 Å². The molecule has 0 bridgehead atoms. The molecule has 6 nitrogen and oxygen atoms in total. The molecular formula is C14H22ClNO5S. The van der Waals surface area contributed by atoms with Crippen LogP contribution < -0.4 is 4.74 Å². The second-order valence-electron chi connectivity index (χ2n) is 4.67. The predicted octanol–water partition coefficient (Wildman–Crippen LogP) is 1.69. The fourth-order valence-electron chi connectivity index (χ4n) is 1.94. The van der Waals surface area contributed by atoms with Crippen molar-refractivity contribution < 1.29 is 23.1 Å². The third-order valence-electron chi connectivity index (χ3n) is 2.98. The Bertz CT molecular complexity index is 576. The number of sulfone groups is 1. The zero-order chi connectivity index (χ0) is 15.9. The fourth-order valence-corrected chi connectivity index (χ4v) is 3.26. The highest BCUT2D eigenvalue weighted by molar-refractivity contribution is 7.91. The van der Waals surface area contributed by atoms with Crippen molar-refractivity contribution in [2.45, 2.75) is 18.2 Å². The van der Waals surface area contributed by atoms with Crippen LogP contribution >= 0.6 is 12.4 Å². The Balaban J connectivity index is 0.00000441. The summed E-state index contributed by atoms with van der Waals surface area (Å²) in [6.45, 7) is 2.52. The summed E-state index contributed by atoms with van der Waals surface area (Å²) in [6.07, 6.45) is 0.770. The Kier molecular flexibility index (Phi) is 9.08. The highest BCUT2D eigenvalue weighted by atomic mass is 35.5. The molecule has 0 atom stereocenters. The summed E-state index contributed by atoms with van der Waals surface area (Å²) < 4.78 is 29.5. The molecule has 126 valence electrons. The van der Waals surface area contributed by atoms with Gasteiger partial charge in [0.25, 0.3) is 0 Å². The lowest BCUT2D eigenvalue weighted by Crippen LogP contribution is -2.34. The van der Waals surface area contributed by atoms with Gasteiger partial charge in [-0.25, -0.2) is 8.42 Å². The summed E-state index contributed by atoms with van der Waals surface area (Å²) >= 11 is 0. The number of hydrogen-bond donors (Lipinski definition) is 1. The third-order valence-corrected chi connectivity index (χ3v) is 4.67. The zero-order valence-corrected chi connectivity index (χ0v) is 14.3. The van der Waals surface area contributed by atoms with Gasteiger partial charge in [0.15, 0.2) is 9.84 Å². The molecule has 0 unspecified atom stereocenters. The minimum absolute atomic E-state index is 0. The summed E-state index contributed by atoms with van der Waals surface area (Å²) in [4.78, 5) is 12.6. The molecule has 1 rings (SSSR count). The molecule has 0 saturated carbocycles. The molecule has 1 aromatic carbocycles. The molecule has 0 radical (unpaired) electrons. The molecule has 0 aliphatic rings. The Labute approximate surface area is 137 Å². The lowest BCUT2D eigenvalue weighted by atomic mass is 10.3. The van der Waals surface area contributed by atoms with Crippen LogP contribution in [0.4, 0.5) is 0 Å². The fraction of sp³-hybridized carbons (Fsp3) is 0.500. The van der Waals surface area contributed by atoms with Gasteiger partial charge in [-0.05, 0) is 31.2 Å². The van der Waals surface area contributed by atoms with Gasteiger partial charge in [0.1, 0.15) is 5.75 Å². The second kappa shape index (κ2) is 9.66. The highest BCUT2D eigenvalue weighted by Crippen LogP contribution is 2.18. The van der Waals surface area contributed by atoms with Gasteiger partial charge < -0.3 is 9.84 Å². The van der Waals surface area contributed by atoms with E-state index in [9.17, 15) is 13.2 Å². The topological polar surface area (TPSA) is 83.9 Å². The number of ether oxygens (including phenoxy) is 1. The van der Waals surface area contributed by atoms with Gasteiger partial charge in [0.2, 0.25) is 0 Å². The number of nitrogens with zero attached hydrogens (tertiary/aromatic N) is 1. The minimum atomic E-state index is -3.46. The van der Waals surface area contributed by atoms with E-state index < -0.39 is 15.8 Å². The standard InChI is InChI=1S/C14H21NO5S.ClH/c1-3-7-15(11-14(16)17)8-9-21(18,19)13-6-4-5-12(10-13)20-2;/h4-6,10H,3,7-9,11H2,1-2H3,(H,16,17);1H. The molecule has 0 heterocycles. The van der Waals surface area contributed by atoms with E-state index in [4.69, 9.17) is 9.84 Å². The van der Waals surface area contributed by atoms with Crippen molar-refractivity contribution in [2.24, 2.45) is 0 Å². The van der Waals surface area contributed by atoms with Crippen LogP contribution in [0.15, 0.2) is 29.2 Å². The van der Waals surface area contributed by atoms with Crippen LogP contribution in [-0.4, -0.2) is 56.9 Å². The van der Waals surface area contributed by atoms with Gasteiger partial charge in [-0.15, -0.1) is 12.4 Å². The van der Waals surface area contributed by atoms with Crippen molar-refractivity contribution in [3.8, 4) is 5.75 Å². The molecule has 0 spiro atoms. The van der Waals surface area contributed by atoms with E-state index in [2.05, 4.69) is 0 Å². The van der Waals surface area contributed by atoms with Gasteiger partial charge in [0.05, 0.1) is 24.3 Å².